The van der Waals surface area contributed by atoms with Gasteiger partial charge < -0.3 is 14.6 Å². The van der Waals surface area contributed by atoms with Crippen molar-refractivity contribution in [3.05, 3.63) is 59.7 Å². The van der Waals surface area contributed by atoms with E-state index in [-0.39, 0.29) is 6.42 Å². The van der Waals surface area contributed by atoms with Crippen molar-refractivity contribution in [3.8, 4) is 5.75 Å². The number of anilines is 1. The van der Waals surface area contributed by atoms with Gasteiger partial charge in [-0.3, -0.25) is 10.1 Å². The van der Waals surface area contributed by atoms with E-state index in [4.69, 9.17) is 14.6 Å². The first-order valence-electron chi connectivity index (χ1n) is 9.74. The lowest BCUT2D eigenvalue weighted by atomic mass is 10.1. The van der Waals surface area contributed by atoms with Crippen LogP contribution in [0, 0.1) is 0 Å². The maximum absolute atomic E-state index is 11.8. The number of carboxylic acid groups (broad SMARTS) is 1. The Bertz CT molecular complexity index is 792. The van der Waals surface area contributed by atoms with E-state index in [9.17, 15) is 9.59 Å². The van der Waals surface area contributed by atoms with Gasteiger partial charge in [0.25, 0.3) is 0 Å². The van der Waals surface area contributed by atoms with Crippen molar-refractivity contribution in [2.45, 2.75) is 52.1 Å². The van der Waals surface area contributed by atoms with Gasteiger partial charge in [-0.25, -0.2) is 4.79 Å². The van der Waals surface area contributed by atoms with Crippen LogP contribution in [0.3, 0.4) is 0 Å². The van der Waals surface area contributed by atoms with Crippen LogP contribution in [-0.4, -0.2) is 29.4 Å². The van der Waals surface area contributed by atoms with Gasteiger partial charge in [0.15, 0.2) is 0 Å². The molecule has 2 aromatic carbocycles. The average molecular weight is 399 g/mol. The zero-order valence-electron chi connectivity index (χ0n) is 17.2. The number of carbonyl (C=O) groups excluding carboxylic acids is 1. The Labute approximate surface area is 171 Å². The number of aryl methyl sites for hydroxylation is 2. The fraction of sp³-hybridized carbons (Fsp3) is 0.391. The van der Waals surface area contributed by atoms with Crippen LogP contribution in [0.2, 0.25) is 0 Å². The number of carboxylic acids is 1. The molecule has 2 N–H and O–H groups in total. The van der Waals surface area contributed by atoms with Gasteiger partial charge in [0.1, 0.15) is 11.4 Å². The molecule has 0 atom stereocenters. The summed E-state index contributed by atoms with van der Waals surface area (Å²) in [4.78, 5) is 22.4. The van der Waals surface area contributed by atoms with Gasteiger partial charge in [0.05, 0.1) is 6.61 Å². The Hall–Kier alpha value is -3.02. The molecular formula is C23H29NO5. The minimum atomic E-state index is -0.793. The van der Waals surface area contributed by atoms with Crippen molar-refractivity contribution < 1.29 is 24.2 Å². The van der Waals surface area contributed by atoms with E-state index >= 15 is 0 Å². The molecule has 0 aliphatic carbocycles. The second-order valence-corrected chi connectivity index (χ2v) is 7.81. The molecule has 1 amide bonds. The van der Waals surface area contributed by atoms with Gasteiger partial charge in [-0.05, 0) is 75.4 Å². The minimum Gasteiger partial charge on any atom is -0.494 e. The zero-order chi connectivity index (χ0) is 21.3. The van der Waals surface area contributed by atoms with Crippen LogP contribution < -0.4 is 10.1 Å². The molecule has 0 bridgehead atoms. The molecule has 2 rings (SSSR count). The molecular weight excluding hydrogens is 370 g/mol. The quantitative estimate of drug-likeness (QED) is 0.576. The number of ether oxygens (including phenoxy) is 2. The highest BCUT2D eigenvalue weighted by atomic mass is 16.6. The largest absolute Gasteiger partial charge is 0.494 e. The Morgan fingerprint density at radius 1 is 0.931 bits per heavy atom. The first-order chi connectivity index (χ1) is 13.7. The number of hydrogen-bond donors (Lipinski definition) is 2. The van der Waals surface area contributed by atoms with Gasteiger partial charge in [0.2, 0.25) is 0 Å². The predicted octanol–water partition coefficient (Wildman–Crippen LogP) is 5.06. The summed E-state index contributed by atoms with van der Waals surface area (Å²) in [5, 5.41) is 11.4. The number of aliphatic carboxylic acids is 1. The molecule has 6 nitrogen and oxygen atoms in total. The van der Waals surface area contributed by atoms with Gasteiger partial charge in [-0.1, -0.05) is 24.3 Å². The van der Waals surface area contributed by atoms with E-state index in [1.54, 1.807) is 0 Å². The van der Waals surface area contributed by atoms with Gasteiger partial charge in [-0.15, -0.1) is 0 Å². The van der Waals surface area contributed by atoms with E-state index < -0.39 is 17.7 Å². The highest BCUT2D eigenvalue weighted by Gasteiger charge is 2.16. The number of amides is 1. The number of hydrogen-bond acceptors (Lipinski definition) is 4. The van der Waals surface area contributed by atoms with Gasteiger partial charge in [0, 0.05) is 12.1 Å². The van der Waals surface area contributed by atoms with E-state index in [1.165, 1.54) is 0 Å². The highest BCUT2D eigenvalue weighted by Crippen LogP contribution is 2.16. The van der Waals surface area contributed by atoms with Crippen molar-refractivity contribution in [1.82, 2.24) is 0 Å². The van der Waals surface area contributed by atoms with E-state index in [2.05, 4.69) is 5.32 Å². The zero-order valence-corrected chi connectivity index (χ0v) is 17.2. The first-order valence-corrected chi connectivity index (χ1v) is 9.74. The van der Waals surface area contributed by atoms with Crippen LogP contribution in [0.25, 0.3) is 0 Å². The molecule has 156 valence electrons. The normalized spacial score (nSPS) is 11.0. The minimum absolute atomic E-state index is 0.131. The third-order valence-corrected chi connectivity index (χ3v) is 4.03. The smallest absolute Gasteiger partial charge is 0.412 e. The molecule has 0 aromatic heterocycles. The maximum Gasteiger partial charge on any atom is 0.412 e. The van der Waals surface area contributed by atoms with Crippen LogP contribution in [0.5, 0.6) is 5.75 Å². The van der Waals surface area contributed by atoms with E-state index in [1.807, 2.05) is 69.3 Å². The number of benzene rings is 2. The van der Waals surface area contributed by atoms with Crippen molar-refractivity contribution in [2.75, 3.05) is 11.9 Å². The summed E-state index contributed by atoms with van der Waals surface area (Å²) in [6, 6.07) is 15.2. The summed E-state index contributed by atoms with van der Waals surface area (Å²) in [6.07, 6.45) is 1.91. The molecule has 0 fully saturated rings. The third kappa shape index (κ3) is 9.14. The summed E-state index contributed by atoms with van der Waals surface area (Å²) in [7, 11) is 0. The summed E-state index contributed by atoms with van der Waals surface area (Å²) in [6.45, 7) is 6.06. The van der Waals surface area contributed by atoms with Crippen LogP contribution in [-0.2, 0) is 22.4 Å². The summed E-state index contributed by atoms with van der Waals surface area (Å²) < 4.78 is 11.0. The van der Waals surface area contributed by atoms with Crippen molar-refractivity contribution in [3.63, 3.8) is 0 Å². The maximum atomic E-state index is 11.8. The van der Waals surface area contributed by atoms with Crippen molar-refractivity contribution >= 4 is 17.7 Å². The van der Waals surface area contributed by atoms with E-state index in [0.29, 0.717) is 18.7 Å². The molecule has 0 spiro atoms. The van der Waals surface area contributed by atoms with Crippen molar-refractivity contribution in [2.24, 2.45) is 0 Å². The van der Waals surface area contributed by atoms with Gasteiger partial charge >= 0.3 is 12.1 Å². The van der Waals surface area contributed by atoms with Crippen LogP contribution in [0.4, 0.5) is 10.5 Å². The summed E-state index contributed by atoms with van der Waals surface area (Å²) in [5.74, 6) is -0.0139. The Morgan fingerprint density at radius 2 is 1.52 bits per heavy atom. The standard InChI is InChI=1S/C23H29NO5/c1-23(2,3)29-22(27)24-19-11-6-17(7-12-19)5-4-16-28-20-13-8-18(9-14-20)10-15-21(25)26/h6-9,11-14H,4-5,10,15-16H2,1-3H3,(H,24,27)(H,25,26). The monoisotopic (exact) mass is 399 g/mol. The fourth-order valence-electron chi connectivity index (χ4n) is 2.65. The molecule has 29 heavy (non-hydrogen) atoms. The molecule has 0 saturated carbocycles. The lowest BCUT2D eigenvalue weighted by Gasteiger charge is -2.19. The number of rotatable bonds is 9. The molecule has 0 heterocycles. The Balaban J connectivity index is 1.70. The second kappa shape index (κ2) is 10.5. The Kier molecular flexibility index (Phi) is 8.07. The Morgan fingerprint density at radius 3 is 2.10 bits per heavy atom. The topological polar surface area (TPSA) is 84.9 Å². The lowest BCUT2D eigenvalue weighted by Crippen LogP contribution is -2.27. The van der Waals surface area contributed by atoms with Gasteiger partial charge in [-0.2, -0.15) is 0 Å². The molecule has 0 saturated heterocycles. The predicted molar refractivity (Wildman–Crippen MR) is 113 cm³/mol. The molecule has 0 unspecified atom stereocenters. The summed E-state index contributed by atoms with van der Waals surface area (Å²) >= 11 is 0. The lowest BCUT2D eigenvalue weighted by molar-refractivity contribution is -0.136. The highest BCUT2D eigenvalue weighted by molar-refractivity contribution is 5.84. The van der Waals surface area contributed by atoms with Crippen LogP contribution in [0.1, 0.15) is 44.7 Å². The second-order valence-electron chi connectivity index (χ2n) is 7.81. The van der Waals surface area contributed by atoms with Crippen LogP contribution in [0.15, 0.2) is 48.5 Å². The molecule has 2 aromatic rings. The number of carbonyl (C=O) groups is 2. The van der Waals surface area contributed by atoms with E-state index in [0.717, 1.165) is 29.7 Å². The van der Waals surface area contributed by atoms with Crippen LogP contribution >= 0.6 is 0 Å². The molecule has 0 aliphatic heterocycles. The molecule has 0 aliphatic rings. The summed E-state index contributed by atoms with van der Waals surface area (Å²) in [5.41, 5.74) is 2.32. The molecule has 0 radical (unpaired) electrons. The number of nitrogens with one attached hydrogen (secondary N) is 1. The molecule has 6 heteroatoms. The third-order valence-electron chi connectivity index (χ3n) is 4.03. The van der Waals surface area contributed by atoms with Crippen molar-refractivity contribution in [1.29, 1.82) is 0 Å². The average Bonchev–Trinajstić information content (AvgIpc) is 2.64. The fourth-order valence-corrected chi connectivity index (χ4v) is 2.65. The SMILES string of the molecule is CC(C)(C)OC(=O)Nc1ccc(CCCOc2ccc(CCC(=O)O)cc2)cc1. The first kappa shape index (κ1) is 22.3.